The van der Waals surface area contributed by atoms with Gasteiger partial charge in [0.1, 0.15) is 5.54 Å². The Hall–Kier alpha value is -0.830. The van der Waals surface area contributed by atoms with Gasteiger partial charge in [-0.3, -0.25) is 4.79 Å². The van der Waals surface area contributed by atoms with Gasteiger partial charge in [0.05, 0.1) is 0 Å². The van der Waals surface area contributed by atoms with Gasteiger partial charge in [0.15, 0.2) is 0 Å². The lowest BCUT2D eigenvalue weighted by Crippen LogP contribution is -2.56. The zero-order chi connectivity index (χ0) is 14.2. The number of hydrogen-bond acceptors (Lipinski definition) is 3. The molecule has 1 N–H and O–H groups in total. The average Bonchev–Trinajstić information content (AvgIpc) is 2.62. The molecule has 1 unspecified atom stereocenters. The van der Waals surface area contributed by atoms with Crippen LogP contribution in [0.25, 0.3) is 0 Å². The molecule has 18 heavy (non-hydrogen) atoms. The van der Waals surface area contributed by atoms with E-state index in [1.165, 1.54) is 0 Å². The van der Waals surface area contributed by atoms with E-state index in [1.54, 1.807) is 6.92 Å². The molecule has 0 aromatic heterocycles. The molecule has 0 spiro atoms. The predicted molar refractivity (Wildman–Crippen MR) is 56.2 cm³/mol. The Morgan fingerprint density at radius 2 is 2.00 bits per heavy atom. The molecule has 0 saturated carbocycles. The SMILES string of the molecule is CCCC1(C(=O)O)CCCN1S(=O)(=O)C(F)(F)F. The molecule has 1 rings (SSSR count). The van der Waals surface area contributed by atoms with Crippen molar-refractivity contribution in [3.8, 4) is 0 Å². The van der Waals surface area contributed by atoms with Crippen molar-refractivity contribution in [1.82, 2.24) is 4.31 Å². The lowest BCUT2D eigenvalue weighted by molar-refractivity contribution is -0.148. The van der Waals surface area contributed by atoms with Crippen LogP contribution in [-0.2, 0) is 14.8 Å². The highest BCUT2D eigenvalue weighted by molar-refractivity contribution is 7.90. The minimum atomic E-state index is -5.60. The smallest absolute Gasteiger partial charge is 0.480 e. The average molecular weight is 289 g/mol. The lowest BCUT2D eigenvalue weighted by atomic mass is 9.92. The van der Waals surface area contributed by atoms with Crippen molar-refractivity contribution in [2.24, 2.45) is 0 Å². The van der Waals surface area contributed by atoms with Gasteiger partial charge in [0, 0.05) is 6.54 Å². The van der Waals surface area contributed by atoms with E-state index >= 15 is 0 Å². The largest absolute Gasteiger partial charge is 0.511 e. The Morgan fingerprint density at radius 1 is 1.44 bits per heavy atom. The maximum Gasteiger partial charge on any atom is 0.511 e. The Kier molecular flexibility index (Phi) is 3.97. The van der Waals surface area contributed by atoms with Crippen molar-refractivity contribution in [3.63, 3.8) is 0 Å². The molecule has 0 bridgehead atoms. The van der Waals surface area contributed by atoms with E-state index in [9.17, 15) is 26.4 Å². The van der Waals surface area contributed by atoms with Crippen molar-refractivity contribution < 1.29 is 31.5 Å². The minimum Gasteiger partial charge on any atom is -0.480 e. The number of aliphatic carboxylic acids is 1. The molecule has 1 atom stereocenters. The first-order valence-electron chi connectivity index (χ1n) is 5.42. The van der Waals surface area contributed by atoms with E-state index < -0.39 is 33.6 Å². The number of hydrogen-bond donors (Lipinski definition) is 1. The molecular weight excluding hydrogens is 275 g/mol. The van der Waals surface area contributed by atoms with Crippen LogP contribution in [0.15, 0.2) is 0 Å². The third kappa shape index (κ3) is 2.20. The van der Waals surface area contributed by atoms with Gasteiger partial charge in [-0.25, -0.2) is 8.42 Å². The molecule has 1 aliphatic heterocycles. The summed E-state index contributed by atoms with van der Waals surface area (Å²) < 4.78 is 60.4. The van der Waals surface area contributed by atoms with E-state index in [0.29, 0.717) is 0 Å². The minimum absolute atomic E-state index is 0.0918. The Labute approximate surface area is 103 Å². The zero-order valence-corrected chi connectivity index (χ0v) is 10.5. The molecule has 1 fully saturated rings. The van der Waals surface area contributed by atoms with Crippen molar-refractivity contribution in [3.05, 3.63) is 0 Å². The fourth-order valence-corrected chi connectivity index (χ4v) is 3.65. The molecule has 9 heteroatoms. The normalized spacial score (nSPS) is 26.4. The van der Waals surface area contributed by atoms with Crippen molar-refractivity contribution in [2.45, 2.75) is 43.7 Å². The second kappa shape index (κ2) is 4.69. The number of carboxylic acid groups (broad SMARTS) is 1. The quantitative estimate of drug-likeness (QED) is 0.852. The van der Waals surface area contributed by atoms with Gasteiger partial charge in [-0.2, -0.15) is 17.5 Å². The van der Waals surface area contributed by atoms with Gasteiger partial charge in [-0.1, -0.05) is 13.3 Å². The summed E-state index contributed by atoms with van der Waals surface area (Å²) in [6, 6.07) is 0. The summed E-state index contributed by atoms with van der Waals surface area (Å²) in [5, 5.41) is 9.12. The van der Waals surface area contributed by atoms with Crippen molar-refractivity contribution in [2.75, 3.05) is 6.54 Å². The fraction of sp³-hybridized carbons (Fsp3) is 0.889. The second-order valence-electron chi connectivity index (χ2n) is 4.21. The van der Waals surface area contributed by atoms with Crippen LogP contribution in [0.1, 0.15) is 32.6 Å². The van der Waals surface area contributed by atoms with Gasteiger partial charge >= 0.3 is 21.5 Å². The first-order chi connectivity index (χ1) is 8.09. The molecule has 5 nitrogen and oxygen atoms in total. The monoisotopic (exact) mass is 289 g/mol. The Balaban J connectivity index is 3.27. The molecular formula is C9H14F3NO4S. The summed E-state index contributed by atoms with van der Waals surface area (Å²) in [6.45, 7) is 1.19. The molecule has 0 aromatic rings. The molecule has 0 amide bonds. The van der Waals surface area contributed by atoms with E-state index in [4.69, 9.17) is 5.11 Å². The van der Waals surface area contributed by atoms with Crippen LogP contribution in [0, 0.1) is 0 Å². The van der Waals surface area contributed by atoms with Crippen LogP contribution < -0.4 is 0 Å². The van der Waals surface area contributed by atoms with Crippen LogP contribution in [-0.4, -0.2) is 41.4 Å². The van der Waals surface area contributed by atoms with Gasteiger partial charge in [0.2, 0.25) is 0 Å². The van der Waals surface area contributed by atoms with Gasteiger partial charge in [-0.05, 0) is 19.3 Å². The molecule has 1 aliphatic rings. The highest BCUT2D eigenvalue weighted by Crippen LogP contribution is 2.41. The highest BCUT2D eigenvalue weighted by Gasteiger charge is 2.60. The van der Waals surface area contributed by atoms with Crippen LogP contribution >= 0.6 is 0 Å². The number of halogens is 3. The molecule has 1 saturated heterocycles. The number of nitrogens with zero attached hydrogens (tertiary/aromatic N) is 1. The Morgan fingerprint density at radius 3 is 2.39 bits per heavy atom. The Bertz CT molecular complexity index is 434. The van der Waals surface area contributed by atoms with Crippen LogP contribution in [0.3, 0.4) is 0 Å². The summed E-state index contributed by atoms with van der Waals surface area (Å²) in [5.74, 6) is -1.52. The maximum atomic E-state index is 12.5. The number of alkyl halides is 3. The van der Waals surface area contributed by atoms with Crippen LogP contribution in [0.5, 0.6) is 0 Å². The van der Waals surface area contributed by atoms with Crippen molar-refractivity contribution >= 4 is 16.0 Å². The zero-order valence-electron chi connectivity index (χ0n) is 9.70. The molecule has 0 radical (unpaired) electrons. The van der Waals surface area contributed by atoms with E-state index in [0.717, 1.165) is 0 Å². The van der Waals surface area contributed by atoms with E-state index in [2.05, 4.69) is 0 Å². The topological polar surface area (TPSA) is 74.7 Å². The molecule has 0 aromatic carbocycles. The molecule has 1 heterocycles. The second-order valence-corrected chi connectivity index (χ2v) is 6.07. The summed E-state index contributed by atoms with van der Waals surface area (Å²) in [4.78, 5) is 11.2. The number of carbonyl (C=O) groups is 1. The van der Waals surface area contributed by atoms with E-state index in [1.807, 2.05) is 0 Å². The van der Waals surface area contributed by atoms with Crippen LogP contribution in [0.4, 0.5) is 13.2 Å². The fourth-order valence-electron chi connectivity index (χ4n) is 2.31. The van der Waals surface area contributed by atoms with Crippen LogP contribution in [0.2, 0.25) is 0 Å². The van der Waals surface area contributed by atoms with Crippen molar-refractivity contribution in [1.29, 1.82) is 0 Å². The lowest BCUT2D eigenvalue weighted by Gasteiger charge is -2.33. The molecule has 106 valence electrons. The number of carboxylic acids is 1. The standard InChI is InChI=1S/C9H14F3NO4S/c1-2-4-8(7(14)15)5-3-6-13(8)18(16,17)9(10,11)12/h2-6H2,1H3,(H,14,15). The number of rotatable bonds is 4. The van der Waals surface area contributed by atoms with Gasteiger partial charge in [0.25, 0.3) is 0 Å². The summed E-state index contributed by atoms with van der Waals surface area (Å²) in [7, 11) is -5.60. The predicted octanol–water partition coefficient (Wildman–Crippen LogP) is 1.56. The van der Waals surface area contributed by atoms with Gasteiger partial charge in [-0.15, -0.1) is 0 Å². The maximum absolute atomic E-state index is 12.5. The highest BCUT2D eigenvalue weighted by atomic mass is 32.2. The summed E-state index contributed by atoms with van der Waals surface area (Å²) >= 11 is 0. The third-order valence-corrected chi connectivity index (χ3v) is 4.77. The molecule has 0 aliphatic carbocycles. The first kappa shape index (κ1) is 15.2. The van der Waals surface area contributed by atoms with Gasteiger partial charge < -0.3 is 5.11 Å². The summed E-state index contributed by atoms with van der Waals surface area (Å²) in [5.41, 5.74) is -7.42. The van der Waals surface area contributed by atoms with E-state index in [-0.39, 0.29) is 30.0 Å². The first-order valence-corrected chi connectivity index (χ1v) is 6.86. The third-order valence-electron chi connectivity index (χ3n) is 3.07. The number of sulfonamides is 1. The summed E-state index contributed by atoms with van der Waals surface area (Å²) in [6.07, 6.45) is 0.181.